The number of benzene rings is 2. The molecule has 2 saturated heterocycles. The summed E-state index contributed by atoms with van der Waals surface area (Å²) in [4.78, 5) is 29.1. The quantitative estimate of drug-likeness (QED) is 0.622. The minimum Gasteiger partial charge on any atom is -0.343 e. The van der Waals surface area contributed by atoms with E-state index >= 15 is 0 Å². The number of carbonyl (C=O) groups excluding carboxylic acids is 2. The SMILES string of the molecule is CC[C@H](N)CC[C@H]1CCC[C@H]2CC[C@@H](C(=O)NC(c3ccccc3)c3ccccc3)N2C1=O. The fourth-order valence-electron chi connectivity index (χ4n) is 5.47. The van der Waals surface area contributed by atoms with Crippen molar-refractivity contribution in [2.24, 2.45) is 11.7 Å². The van der Waals surface area contributed by atoms with Crippen molar-refractivity contribution in [1.29, 1.82) is 0 Å². The van der Waals surface area contributed by atoms with Gasteiger partial charge in [-0.05, 0) is 56.1 Å². The van der Waals surface area contributed by atoms with Gasteiger partial charge in [0.1, 0.15) is 6.04 Å². The fourth-order valence-corrected chi connectivity index (χ4v) is 5.47. The molecular formula is C28H37N3O2. The summed E-state index contributed by atoms with van der Waals surface area (Å²) in [6.45, 7) is 2.09. The largest absolute Gasteiger partial charge is 0.343 e. The van der Waals surface area contributed by atoms with Crippen molar-refractivity contribution in [2.45, 2.75) is 82.5 Å². The van der Waals surface area contributed by atoms with E-state index in [0.29, 0.717) is 0 Å². The minimum absolute atomic E-state index is 0.0138. The van der Waals surface area contributed by atoms with E-state index in [-0.39, 0.29) is 35.9 Å². The molecule has 0 saturated carbocycles. The average Bonchev–Trinajstić information content (AvgIpc) is 3.22. The topological polar surface area (TPSA) is 75.4 Å². The van der Waals surface area contributed by atoms with Crippen LogP contribution >= 0.6 is 0 Å². The molecule has 0 radical (unpaired) electrons. The molecule has 2 aromatic rings. The summed E-state index contributed by atoms with van der Waals surface area (Å²) in [5.41, 5.74) is 8.22. The molecule has 2 fully saturated rings. The van der Waals surface area contributed by atoms with Crippen LogP contribution in [0.2, 0.25) is 0 Å². The lowest BCUT2D eigenvalue weighted by Gasteiger charge is -2.32. The van der Waals surface area contributed by atoms with Crippen LogP contribution in [0.1, 0.15) is 75.5 Å². The third-order valence-electron chi connectivity index (χ3n) is 7.46. The maximum Gasteiger partial charge on any atom is 0.243 e. The highest BCUT2D eigenvalue weighted by Gasteiger charge is 2.44. The van der Waals surface area contributed by atoms with Gasteiger partial charge in [-0.25, -0.2) is 0 Å². The molecule has 176 valence electrons. The van der Waals surface area contributed by atoms with Crippen LogP contribution in [-0.4, -0.2) is 34.8 Å². The van der Waals surface area contributed by atoms with Gasteiger partial charge in [0.25, 0.3) is 0 Å². The molecular weight excluding hydrogens is 410 g/mol. The summed E-state index contributed by atoms with van der Waals surface area (Å²) in [5, 5.41) is 3.29. The van der Waals surface area contributed by atoms with Crippen molar-refractivity contribution >= 4 is 11.8 Å². The Morgan fingerprint density at radius 3 is 2.24 bits per heavy atom. The molecule has 5 heteroatoms. The molecule has 2 heterocycles. The molecule has 0 aliphatic carbocycles. The molecule has 0 unspecified atom stereocenters. The highest BCUT2D eigenvalue weighted by atomic mass is 16.2. The van der Waals surface area contributed by atoms with Gasteiger partial charge in [0.15, 0.2) is 0 Å². The lowest BCUT2D eigenvalue weighted by molar-refractivity contribution is -0.143. The summed E-state index contributed by atoms with van der Waals surface area (Å²) in [6, 6.07) is 19.8. The third kappa shape index (κ3) is 5.47. The first-order valence-electron chi connectivity index (χ1n) is 12.6. The molecule has 4 rings (SSSR count). The molecule has 33 heavy (non-hydrogen) atoms. The van der Waals surface area contributed by atoms with E-state index in [4.69, 9.17) is 5.73 Å². The zero-order valence-electron chi connectivity index (χ0n) is 19.7. The first-order chi connectivity index (χ1) is 16.1. The zero-order chi connectivity index (χ0) is 23.2. The van der Waals surface area contributed by atoms with Gasteiger partial charge >= 0.3 is 0 Å². The standard InChI is InChI=1S/C28H37N3O2/c1-2-23(29)17-16-22-14-9-15-24-18-19-25(31(24)28(22)33)27(32)30-26(20-10-5-3-6-11-20)21-12-7-4-8-13-21/h3-8,10-13,22-26H,2,9,14-19,29H2,1H3,(H,30,32)/t22-,23+,24+,25+/m1/s1. The highest BCUT2D eigenvalue weighted by Crippen LogP contribution is 2.36. The van der Waals surface area contributed by atoms with Gasteiger partial charge in [-0.15, -0.1) is 0 Å². The van der Waals surface area contributed by atoms with Gasteiger partial charge in [0, 0.05) is 18.0 Å². The fraction of sp³-hybridized carbons (Fsp3) is 0.500. The molecule has 2 amide bonds. The second-order valence-corrected chi connectivity index (χ2v) is 9.63. The van der Waals surface area contributed by atoms with Crippen LogP contribution in [0.3, 0.4) is 0 Å². The Bertz CT molecular complexity index is 878. The summed E-state index contributed by atoms with van der Waals surface area (Å²) >= 11 is 0. The Kier molecular flexibility index (Phi) is 7.81. The summed E-state index contributed by atoms with van der Waals surface area (Å²) in [7, 11) is 0. The van der Waals surface area contributed by atoms with Crippen molar-refractivity contribution < 1.29 is 9.59 Å². The van der Waals surface area contributed by atoms with Crippen LogP contribution in [0.25, 0.3) is 0 Å². The van der Waals surface area contributed by atoms with Gasteiger partial charge in [-0.1, -0.05) is 74.0 Å². The predicted octanol–water partition coefficient (Wildman–Crippen LogP) is 4.57. The van der Waals surface area contributed by atoms with Crippen molar-refractivity contribution in [3.63, 3.8) is 0 Å². The van der Waals surface area contributed by atoms with Crippen molar-refractivity contribution in [1.82, 2.24) is 10.2 Å². The number of nitrogens with two attached hydrogens (primary N) is 1. The van der Waals surface area contributed by atoms with Gasteiger partial charge in [0.05, 0.1) is 6.04 Å². The smallest absolute Gasteiger partial charge is 0.243 e. The minimum atomic E-state index is -0.391. The highest BCUT2D eigenvalue weighted by molar-refractivity contribution is 5.90. The molecule has 3 N–H and O–H groups in total. The van der Waals surface area contributed by atoms with E-state index in [9.17, 15) is 9.59 Å². The maximum atomic E-state index is 13.6. The lowest BCUT2D eigenvalue weighted by atomic mass is 9.93. The van der Waals surface area contributed by atoms with Crippen LogP contribution in [0.15, 0.2) is 60.7 Å². The second kappa shape index (κ2) is 11.0. The van der Waals surface area contributed by atoms with Crippen LogP contribution in [-0.2, 0) is 9.59 Å². The molecule has 2 aliphatic rings. The first kappa shape index (κ1) is 23.5. The first-order valence-corrected chi connectivity index (χ1v) is 12.6. The summed E-state index contributed by atoms with van der Waals surface area (Å²) in [6.07, 6.45) is 7.21. The Labute approximate surface area is 197 Å². The van der Waals surface area contributed by atoms with E-state index < -0.39 is 6.04 Å². The average molecular weight is 448 g/mol. The lowest BCUT2D eigenvalue weighted by Crippen LogP contribution is -2.50. The van der Waals surface area contributed by atoms with Gasteiger partial charge in [-0.3, -0.25) is 9.59 Å². The van der Waals surface area contributed by atoms with E-state index in [0.717, 1.165) is 62.5 Å². The van der Waals surface area contributed by atoms with E-state index in [1.807, 2.05) is 65.6 Å². The Morgan fingerprint density at radius 1 is 1.00 bits per heavy atom. The van der Waals surface area contributed by atoms with Gasteiger partial charge < -0.3 is 16.0 Å². The molecule has 0 bridgehead atoms. The Balaban J connectivity index is 1.52. The van der Waals surface area contributed by atoms with E-state index in [2.05, 4.69) is 12.2 Å². The number of rotatable bonds is 8. The van der Waals surface area contributed by atoms with E-state index in [1.54, 1.807) is 0 Å². The predicted molar refractivity (Wildman–Crippen MR) is 131 cm³/mol. The molecule has 2 aromatic carbocycles. The molecule has 2 aliphatic heterocycles. The van der Waals surface area contributed by atoms with Crippen molar-refractivity contribution in [3.05, 3.63) is 71.8 Å². The maximum absolute atomic E-state index is 13.6. The molecule has 4 atom stereocenters. The van der Waals surface area contributed by atoms with Crippen LogP contribution < -0.4 is 11.1 Å². The van der Waals surface area contributed by atoms with Crippen molar-refractivity contribution in [2.75, 3.05) is 0 Å². The number of hydrogen-bond acceptors (Lipinski definition) is 3. The monoisotopic (exact) mass is 447 g/mol. The summed E-state index contributed by atoms with van der Waals surface area (Å²) < 4.78 is 0. The van der Waals surface area contributed by atoms with Gasteiger partial charge in [0.2, 0.25) is 11.8 Å². The Morgan fingerprint density at radius 2 is 1.64 bits per heavy atom. The third-order valence-corrected chi connectivity index (χ3v) is 7.46. The number of fused-ring (bicyclic) bond motifs is 1. The van der Waals surface area contributed by atoms with Gasteiger partial charge in [-0.2, -0.15) is 0 Å². The van der Waals surface area contributed by atoms with E-state index in [1.165, 1.54) is 0 Å². The summed E-state index contributed by atoms with van der Waals surface area (Å²) in [5.74, 6) is 0.101. The molecule has 0 spiro atoms. The molecule has 5 nitrogen and oxygen atoms in total. The van der Waals surface area contributed by atoms with Crippen LogP contribution in [0, 0.1) is 5.92 Å². The number of nitrogens with zero attached hydrogens (tertiary/aromatic N) is 1. The number of hydrogen-bond donors (Lipinski definition) is 2. The second-order valence-electron chi connectivity index (χ2n) is 9.63. The van der Waals surface area contributed by atoms with Crippen molar-refractivity contribution in [3.8, 4) is 0 Å². The molecule has 0 aromatic heterocycles. The van der Waals surface area contributed by atoms with Crippen LogP contribution in [0.4, 0.5) is 0 Å². The zero-order valence-corrected chi connectivity index (χ0v) is 19.7. The normalized spacial score (nSPS) is 23.8. The Hall–Kier alpha value is -2.66. The number of amides is 2. The number of carbonyl (C=O) groups is 2. The van der Waals surface area contributed by atoms with Crippen LogP contribution in [0.5, 0.6) is 0 Å². The number of nitrogens with one attached hydrogen (secondary N) is 1.